The Morgan fingerprint density at radius 1 is 1.43 bits per heavy atom. The molecular formula is C11H14N2S. The van der Waals surface area contributed by atoms with Crippen molar-refractivity contribution < 1.29 is 0 Å². The van der Waals surface area contributed by atoms with Gasteiger partial charge in [-0.05, 0) is 18.1 Å². The van der Waals surface area contributed by atoms with Crippen molar-refractivity contribution in [3.8, 4) is 0 Å². The highest BCUT2D eigenvalue weighted by molar-refractivity contribution is 8.14. The highest BCUT2D eigenvalue weighted by Crippen LogP contribution is 2.27. The number of rotatable bonds is 2. The van der Waals surface area contributed by atoms with Crippen LogP contribution in [0.4, 0.5) is 5.69 Å². The lowest BCUT2D eigenvalue weighted by Crippen LogP contribution is -2.23. The summed E-state index contributed by atoms with van der Waals surface area (Å²) in [6.45, 7) is 3.13. The number of hydrogen-bond donors (Lipinski definition) is 1. The minimum Gasteiger partial charge on any atom is -0.320 e. The SMILES string of the molecule is CCc1ccccc1N1CCSC1=N. The molecule has 0 aliphatic carbocycles. The average molecular weight is 206 g/mol. The van der Waals surface area contributed by atoms with E-state index in [1.807, 2.05) is 6.07 Å². The van der Waals surface area contributed by atoms with Crippen LogP contribution in [0.3, 0.4) is 0 Å². The van der Waals surface area contributed by atoms with Crippen LogP contribution in [0.5, 0.6) is 0 Å². The number of aryl methyl sites for hydroxylation is 1. The van der Waals surface area contributed by atoms with Crippen molar-refractivity contribution in [2.45, 2.75) is 13.3 Å². The molecule has 3 heteroatoms. The summed E-state index contributed by atoms with van der Waals surface area (Å²) < 4.78 is 0. The molecule has 1 N–H and O–H groups in total. The first-order valence-electron chi connectivity index (χ1n) is 4.89. The van der Waals surface area contributed by atoms with Crippen molar-refractivity contribution in [2.24, 2.45) is 0 Å². The molecule has 0 bridgehead atoms. The van der Waals surface area contributed by atoms with E-state index in [0.29, 0.717) is 5.17 Å². The molecule has 2 rings (SSSR count). The van der Waals surface area contributed by atoms with Gasteiger partial charge in [0.1, 0.15) is 0 Å². The Kier molecular flexibility index (Phi) is 2.77. The number of hydrogen-bond acceptors (Lipinski definition) is 2. The van der Waals surface area contributed by atoms with Gasteiger partial charge in [-0.15, -0.1) is 0 Å². The van der Waals surface area contributed by atoms with Gasteiger partial charge in [0.25, 0.3) is 0 Å². The van der Waals surface area contributed by atoms with Gasteiger partial charge < -0.3 is 4.90 Å². The van der Waals surface area contributed by atoms with Crippen molar-refractivity contribution in [3.63, 3.8) is 0 Å². The van der Waals surface area contributed by atoms with Gasteiger partial charge in [0.05, 0.1) is 0 Å². The average Bonchev–Trinajstić information content (AvgIpc) is 2.64. The van der Waals surface area contributed by atoms with E-state index in [4.69, 9.17) is 5.41 Å². The Morgan fingerprint density at radius 3 is 2.86 bits per heavy atom. The Hall–Kier alpha value is -0.960. The molecule has 1 aromatic rings. The van der Waals surface area contributed by atoms with Gasteiger partial charge in [-0.25, -0.2) is 0 Å². The zero-order valence-electron chi connectivity index (χ0n) is 8.29. The van der Waals surface area contributed by atoms with Crippen molar-refractivity contribution in [2.75, 3.05) is 17.2 Å². The topological polar surface area (TPSA) is 27.1 Å². The van der Waals surface area contributed by atoms with Gasteiger partial charge in [-0.1, -0.05) is 36.9 Å². The summed E-state index contributed by atoms with van der Waals surface area (Å²) in [5.74, 6) is 1.04. The van der Waals surface area contributed by atoms with Crippen molar-refractivity contribution >= 4 is 22.6 Å². The molecule has 1 saturated heterocycles. The van der Waals surface area contributed by atoms with Crippen molar-refractivity contribution in [1.29, 1.82) is 5.41 Å². The number of anilines is 1. The lowest BCUT2D eigenvalue weighted by Gasteiger charge is -2.19. The standard InChI is InChI=1S/C11H14N2S/c1-2-9-5-3-4-6-10(9)13-7-8-14-11(13)12/h3-6,12H,2,7-8H2,1H3. The first-order valence-corrected chi connectivity index (χ1v) is 5.88. The molecular weight excluding hydrogens is 192 g/mol. The van der Waals surface area contributed by atoms with E-state index in [1.54, 1.807) is 11.8 Å². The molecule has 0 radical (unpaired) electrons. The minimum absolute atomic E-state index is 0.686. The fraction of sp³-hybridized carbons (Fsp3) is 0.364. The second-order valence-electron chi connectivity index (χ2n) is 3.29. The fourth-order valence-electron chi connectivity index (χ4n) is 1.72. The monoisotopic (exact) mass is 206 g/mol. The van der Waals surface area contributed by atoms with Crippen LogP contribution in [0.25, 0.3) is 0 Å². The molecule has 0 unspecified atom stereocenters. The Labute approximate surface area is 88.8 Å². The number of nitrogens with one attached hydrogen (secondary N) is 1. The summed E-state index contributed by atoms with van der Waals surface area (Å²) in [5.41, 5.74) is 2.55. The van der Waals surface area contributed by atoms with Gasteiger partial charge in [-0.3, -0.25) is 5.41 Å². The Morgan fingerprint density at radius 2 is 2.21 bits per heavy atom. The van der Waals surface area contributed by atoms with Crippen LogP contribution in [0.15, 0.2) is 24.3 Å². The number of thioether (sulfide) groups is 1. The summed E-state index contributed by atoms with van der Waals surface area (Å²) in [5, 5.41) is 8.49. The van der Waals surface area contributed by atoms with Crippen LogP contribution >= 0.6 is 11.8 Å². The normalized spacial score (nSPS) is 16.4. The summed E-state index contributed by atoms with van der Waals surface area (Å²) in [6.07, 6.45) is 1.03. The summed E-state index contributed by atoms with van der Waals surface area (Å²) in [6, 6.07) is 8.37. The Balaban J connectivity index is 2.35. The molecule has 0 aromatic heterocycles. The zero-order chi connectivity index (χ0) is 9.97. The molecule has 74 valence electrons. The molecule has 1 heterocycles. The summed E-state index contributed by atoms with van der Waals surface area (Å²) in [4.78, 5) is 2.10. The number of amidine groups is 1. The highest BCUT2D eigenvalue weighted by Gasteiger charge is 2.20. The van der Waals surface area contributed by atoms with Crippen LogP contribution in [-0.4, -0.2) is 17.5 Å². The molecule has 0 saturated carbocycles. The predicted molar refractivity (Wildman–Crippen MR) is 63.4 cm³/mol. The van der Waals surface area contributed by atoms with Crippen LogP contribution in [-0.2, 0) is 6.42 Å². The maximum atomic E-state index is 7.80. The lowest BCUT2D eigenvalue weighted by atomic mass is 10.1. The maximum absolute atomic E-state index is 7.80. The number of para-hydroxylation sites is 1. The van der Waals surface area contributed by atoms with Crippen LogP contribution < -0.4 is 4.90 Å². The van der Waals surface area contributed by atoms with E-state index >= 15 is 0 Å². The van der Waals surface area contributed by atoms with Gasteiger partial charge >= 0.3 is 0 Å². The van der Waals surface area contributed by atoms with Crippen molar-refractivity contribution in [1.82, 2.24) is 0 Å². The third kappa shape index (κ3) is 1.64. The van der Waals surface area contributed by atoms with Gasteiger partial charge in [0.2, 0.25) is 0 Å². The van der Waals surface area contributed by atoms with E-state index in [2.05, 4.69) is 30.0 Å². The summed E-state index contributed by atoms with van der Waals surface area (Å²) >= 11 is 1.63. The van der Waals surface area contributed by atoms with Crippen LogP contribution in [0, 0.1) is 5.41 Å². The second kappa shape index (κ2) is 4.05. The zero-order valence-corrected chi connectivity index (χ0v) is 9.10. The summed E-state index contributed by atoms with van der Waals surface area (Å²) in [7, 11) is 0. The molecule has 2 nitrogen and oxygen atoms in total. The van der Waals surface area contributed by atoms with Gasteiger partial charge in [-0.2, -0.15) is 0 Å². The van der Waals surface area contributed by atoms with E-state index < -0.39 is 0 Å². The second-order valence-corrected chi connectivity index (χ2v) is 4.37. The van der Waals surface area contributed by atoms with Crippen LogP contribution in [0.1, 0.15) is 12.5 Å². The number of nitrogens with zero attached hydrogens (tertiary/aromatic N) is 1. The quantitative estimate of drug-likeness (QED) is 0.805. The van der Waals surface area contributed by atoms with E-state index in [9.17, 15) is 0 Å². The minimum atomic E-state index is 0.686. The van der Waals surface area contributed by atoms with E-state index in [-0.39, 0.29) is 0 Å². The van der Waals surface area contributed by atoms with E-state index in [1.165, 1.54) is 11.3 Å². The van der Waals surface area contributed by atoms with E-state index in [0.717, 1.165) is 18.7 Å². The molecule has 1 fully saturated rings. The van der Waals surface area contributed by atoms with Gasteiger partial charge in [0.15, 0.2) is 5.17 Å². The van der Waals surface area contributed by atoms with Crippen molar-refractivity contribution in [3.05, 3.63) is 29.8 Å². The fourth-order valence-corrected chi connectivity index (χ4v) is 2.53. The molecule has 0 spiro atoms. The highest BCUT2D eigenvalue weighted by atomic mass is 32.2. The third-order valence-electron chi connectivity index (χ3n) is 2.46. The molecule has 0 atom stereocenters. The third-order valence-corrected chi connectivity index (χ3v) is 3.34. The smallest absolute Gasteiger partial charge is 0.160 e. The first kappa shape index (κ1) is 9.59. The van der Waals surface area contributed by atoms with Crippen LogP contribution in [0.2, 0.25) is 0 Å². The molecule has 0 amide bonds. The Bertz CT molecular complexity index is 349. The lowest BCUT2D eigenvalue weighted by molar-refractivity contribution is 1.05. The molecule has 1 aliphatic rings. The largest absolute Gasteiger partial charge is 0.320 e. The number of benzene rings is 1. The molecule has 1 aliphatic heterocycles. The van der Waals surface area contributed by atoms with Gasteiger partial charge in [0, 0.05) is 18.0 Å². The molecule has 14 heavy (non-hydrogen) atoms. The molecule has 1 aromatic carbocycles. The maximum Gasteiger partial charge on any atom is 0.160 e. The first-order chi connectivity index (χ1) is 6.83. The predicted octanol–water partition coefficient (Wildman–Crippen LogP) is 2.74.